The van der Waals surface area contributed by atoms with Crippen LogP contribution in [0.2, 0.25) is 0 Å². The minimum Gasteiger partial charge on any atom is -0.469 e. The number of aliphatic hydroxyl groups excluding tert-OH is 1. The minimum atomic E-state index is -0.597. The standard InChI is InChI=1S/C14H20FNO3/c1-10-7-11(3-5-13(10)15)8-16-9-12(17)4-6-14(18)19-2/h3,5,7,12,16-17H,4,6,8-9H2,1-2H3. The molecule has 1 aromatic rings. The largest absolute Gasteiger partial charge is 0.469 e. The monoisotopic (exact) mass is 269 g/mol. The van der Waals surface area contributed by atoms with Gasteiger partial charge in [0.2, 0.25) is 0 Å². The van der Waals surface area contributed by atoms with Crippen LogP contribution in [0.15, 0.2) is 18.2 Å². The van der Waals surface area contributed by atoms with Gasteiger partial charge in [0.05, 0.1) is 13.2 Å². The molecule has 19 heavy (non-hydrogen) atoms. The number of methoxy groups -OCH3 is 1. The van der Waals surface area contributed by atoms with Crippen LogP contribution in [0.1, 0.15) is 24.0 Å². The number of aliphatic hydroxyl groups is 1. The lowest BCUT2D eigenvalue weighted by Crippen LogP contribution is -2.27. The molecule has 1 aromatic carbocycles. The van der Waals surface area contributed by atoms with Gasteiger partial charge in [-0.05, 0) is 30.5 Å². The molecule has 0 aromatic heterocycles. The van der Waals surface area contributed by atoms with Gasteiger partial charge < -0.3 is 15.2 Å². The van der Waals surface area contributed by atoms with E-state index in [0.717, 1.165) is 5.56 Å². The summed E-state index contributed by atoms with van der Waals surface area (Å²) in [6.07, 6.45) is -0.0300. The SMILES string of the molecule is COC(=O)CCC(O)CNCc1ccc(F)c(C)c1. The molecule has 0 amide bonds. The van der Waals surface area contributed by atoms with E-state index in [0.29, 0.717) is 25.1 Å². The molecule has 4 nitrogen and oxygen atoms in total. The molecule has 1 rings (SSSR count). The highest BCUT2D eigenvalue weighted by atomic mass is 19.1. The Morgan fingerprint density at radius 3 is 2.89 bits per heavy atom. The normalized spacial score (nSPS) is 12.2. The number of hydrogen-bond donors (Lipinski definition) is 2. The van der Waals surface area contributed by atoms with E-state index in [1.54, 1.807) is 19.1 Å². The predicted molar refractivity (Wildman–Crippen MR) is 70.1 cm³/mol. The number of halogens is 1. The van der Waals surface area contributed by atoms with Crippen molar-refractivity contribution in [3.05, 3.63) is 35.1 Å². The van der Waals surface area contributed by atoms with Crippen LogP contribution in [-0.2, 0) is 16.1 Å². The lowest BCUT2D eigenvalue weighted by atomic mass is 10.1. The molecular weight excluding hydrogens is 249 g/mol. The topological polar surface area (TPSA) is 58.6 Å². The molecule has 2 N–H and O–H groups in total. The second-order valence-corrected chi connectivity index (χ2v) is 4.48. The lowest BCUT2D eigenvalue weighted by Gasteiger charge is -2.11. The third-order valence-corrected chi connectivity index (χ3v) is 2.84. The molecule has 1 unspecified atom stereocenters. The van der Waals surface area contributed by atoms with Crippen LogP contribution in [-0.4, -0.2) is 30.8 Å². The number of hydrogen-bond acceptors (Lipinski definition) is 4. The van der Waals surface area contributed by atoms with Crippen molar-refractivity contribution in [3.63, 3.8) is 0 Å². The van der Waals surface area contributed by atoms with Crippen LogP contribution < -0.4 is 5.32 Å². The van der Waals surface area contributed by atoms with Crippen LogP contribution in [0.5, 0.6) is 0 Å². The Morgan fingerprint density at radius 2 is 2.26 bits per heavy atom. The van der Waals surface area contributed by atoms with Gasteiger partial charge in [-0.1, -0.05) is 12.1 Å². The molecule has 5 heteroatoms. The fourth-order valence-corrected chi connectivity index (χ4v) is 1.69. The Labute approximate surface area is 112 Å². The van der Waals surface area contributed by atoms with Gasteiger partial charge >= 0.3 is 5.97 Å². The van der Waals surface area contributed by atoms with Gasteiger partial charge in [0.15, 0.2) is 0 Å². The third-order valence-electron chi connectivity index (χ3n) is 2.84. The number of benzene rings is 1. The van der Waals surface area contributed by atoms with Crippen molar-refractivity contribution in [2.24, 2.45) is 0 Å². The molecule has 0 radical (unpaired) electrons. The summed E-state index contributed by atoms with van der Waals surface area (Å²) in [7, 11) is 1.32. The van der Waals surface area contributed by atoms with E-state index in [-0.39, 0.29) is 18.2 Å². The molecule has 1 atom stereocenters. The van der Waals surface area contributed by atoms with Crippen molar-refractivity contribution in [3.8, 4) is 0 Å². The summed E-state index contributed by atoms with van der Waals surface area (Å²) >= 11 is 0. The lowest BCUT2D eigenvalue weighted by molar-refractivity contribution is -0.141. The number of aryl methyl sites for hydroxylation is 1. The third kappa shape index (κ3) is 5.81. The number of esters is 1. The van der Waals surface area contributed by atoms with Crippen molar-refractivity contribution in [2.75, 3.05) is 13.7 Å². The molecule has 0 aliphatic carbocycles. The smallest absolute Gasteiger partial charge is 0.305 e. The highest BCUT2D eigenvalue weighted by molar-refractivity contribution is 5.69. The molecule has 0 aliphatic heterocycles. The van der Waals surface area contributed by atoms with E-state index in [9.17, 15) is 14.3 Å². The average molecular weight is 269 g/mol. The highest BCUT2D eigenvalue weighted by Crippen LogP contribution is 2.09. The van der Waals surface area contributed by atoms with E-state index in [4.69, 9.17) is 0 Å². The molecule has 0 aliphatic rings. The first-order valence-corrected chi connectivity index (χ1v) is 6.23. The van der Waals surface area contributed by atoms with Crippen molar-refractivity contribution < 1.29 is 19.0 Å². The Kier molecular flexibility index (Phi) is 6.45. The van der Waals surface area contributed by atoms with Crippen molar-refractivity contribution in [2.45, 2.75) is 32.4 Å². The van der Waals surface area contributed by atoms with Crippen LogP contribution in [0, 0.1) is 12.7 Å². The van der Waals surface area contributed by atoms with Crippen LogP contribution in [0.3, 0.4) is 0 Å². The maximum absolute atomic E-state index is 13.1. The first-order chi connectivity index (χ1) is 9.02. The van der Waals surface area contributed by atoms with E-state index in [2.05, 4.69) is 10.1 Å². The van der Waals surface area contributed by atoms with Crippen LogP contribution >= 0.6 is 0 Å². The summed E-state index contributed by atoms with van der Waals surface area (Å²) in [5.74, 6) is -0.546. The van der Waals surface area contributed by atoms with Gasteiger partial charge in [0, 0.05) is 19.5 Å². The average Bonchev–Trinajstić information content (AvgIpc) is 2.40. The zero-order valence-electron chi connectivity index (χ0n) is 11.3. The molecule has 0 saturated heterocycles. The van der Waals surface area contributed by atoms with Crippen LogP contribution in [0.25, 0.3) is 0 Å². The fourth-order valence-electron chi connectivity index (χ4n) is 1.69. The van der Waals surface area contributed by atoms with Crippen molar-refractivity contribution in [1.82, 2.24) is 5.32 Å². The first-order valence-electron chi connectivity index (χ1n) is 6.23. The van der Waals surface area contributed by atoms with Gasteiger partial charge in [-0.15, -0.1) is 0 Å². The molecule has 0 fully saturated rings. The number of nitrogens with one attached hydrogen (secondary N) is 1. The van der Waals surface area contributed by atoms with E-state index >= 15 is 0 Å². The molecule has 0 saturated carbocycles. The quantitative estimate of drug-likeness (QED) is 0.737. The summed E-state index contributed by atoms with van der Waals surface area (Å²) in [6, 6.07) is 4.90. The van der Waals surface area contributed by atoms with E-state index in [1.807, 2.05) is 0 Å². The Balaban J connectivity index is 2.25. The molecular formula is C14H20FNO3. The Morgan fingerprint density at radius 1 is 1.53 bits per heavy atom. The molecule has 106 valence electrons. The summed E-state index contributed by atoms with van der Waals surface area (Å²) in [6.45, 7) is 2.65. The maximum atomic E-state index is 13.1. The van der Waals surface area contributed by atoms with Gasteiger partial charge in [-0.25, -0.2) is 4.39 Å². The van der Waals surface area contributed by atoms with E-state index < -0.39 is 6.10 Å². The zero-order chi connectivity index (χ0) is 14.3. The van der Waals surface area contributed by atoms with Crippen LogP contribution in [0.4, 0.5) is 4.39 Å². The molecule has 0 heterocycles. The zero-order valence-corrected chi connectivity index (χ0v) is 11.3. The maximum Gasteiger partial charge on any atom is 0.305 e. The van der Waals surface area contributed by atoms with E-state index in [1.165, 1.54) is 13.2 Å². The summed E-state index contributed by atoms with van der Waals surface area (Å²) in [5, 5.41) is 12.7. The van der Waals surface area contributed by atoms with Gasteiger partial charge in [0.25, 0.3) is 0 Å². The first kappa shape index (κ1) is 15.6. The van der Waals surface area contributed by atoms with Gasteiger partial charge in [0.1, 0.15) is 5.82 Å². The number of rotatable bonds is 7. The fraction of sp³-hybridized carbons (Fsp3) is 0.500. The second kappa shape index (κ2) is 7.86. The van der Waals surface area contributed by atoms with Crippen molar-refractivity contribution >= 4 is 5.97 Å². The van der Waals surface area contributed by atoms with Crippen molar-refractivity contribution in [1.29, 1.82) is 0 Å². The van der Waals surface area contributed by atoms with Gasteiger partial charge in [-0.3, -0.25) is 4.79 Å². The second-order valence-electron chi connectivity index (χ2n) is 4.48. The Hall–Kier alpha value is -1.46. The number of carbonyl (C=O) groups excluding carboxylic acids is 1. The predicted octanol–water partition coefficient (Wildman–Crippen LogP) is 1.54. The molecule has 0 spiro atoms. The Bertz CT molecular complexity index is 423. The summed E-state index contributed by atoms with van der Waals surface area (Å²) in [4.78, 5) is 10.9. The molecule has 0 bridgehead atoms. The number of ether oxygens (including phenoxy) is 1. The summed E-state index contributed by atoms with van der Waals surface area (Å²) < 4.78 is 17.5. The highest BCUT2D eigenvalue weighted by Gasteiger charge is 2.08. The summed E-state index contributed by atoms with van der Waals surface area (Å²) in [5.41, 5.74) is 1.56. The minimum absolute atomic E-state index is 0.203. The van der Waals surface area contributed by atoms with Gasteiger partial charge in [-0.2, -0.15) is 0 Å². The number of carbonyl (C=O) groups is 1.